The molecule has 1 heterocycles. The average Bonchev–Trinajstić information content (AvgIpc) is 2.46. The first-order valence-electron chi connectivity index (χ1n) is 5.18. The van der Waals surface area contributed by atoms with Gasteiger partial charge < -0.3 is 10.2 Å². The minimum absolute atomic E-state index is 0.825. The van der Waals surface area contributed by atoms with E-state index >= 15 is 0 Å². The molecule has 0 bridgehead atoms. The lowest BCUT2D eigenvalue weighted by molar-refractivity contribution is 0.724. The van der Waals surface area contributed by atoms with Crippen LogP contribution in [0.15, 0.2) is 22.7 Å². The minimum Gasteiger partial charge on any atom is -0.369 e. The van der Waals surface area contributed by atoms with Gasteiger partial charge in [-0.05, 0) is 31.2 Å². The fourth-order valence-corrected chi connectivity index (χ4v) is 2.62. The first kappa shape index (κ1) is 11.2. The topological polar surface area (TPSA) is 15.3 Å². The number of nitrogens with zero attached hydrogens (tertiary/aromatic N) is 1. The second kappa shape index (κ2) is 5.19. The Morgan fingerprint density at radius 3 is 2.93 bits per heavy atom. The fraction of sp³-hybridized carbons (Fsp3) is 0.455. The molecule has 1 aromatic carbocycles. The summed E-state index contributed by atoms with van der Waals surface area (Å²) >= 11 is 9.64. The van der Waals surface area contributed by atoms with Crippen molar-refractivity contribution in [3.05, 3.63) is 27.7 Å². The molecule has 0 spiro atoms. The smallest absolute Gasteiger partial charge is 0.0650 e. The Morgan fingerprint density at radius 1 is 1.27 bits per heavy atom. The molecular weight excluding hydrogens is 275 g/mol. The molecule has 82 valence electrons. The Kier molecular flexibility index (Phi) is 3.89. The predicted molar refractivity (Wildman–Crippen MR) is 68.9 cm³/mol. The highest BCUT2D eigenvalue weighted by Crippen LogP contribution is 2.29. The van der Waals surface area contributed by atoms with E-state index < -0.39 is 0 Å². The molecule has 15 heavy (non-hydrogen) atoms. The van der Waals surface area contributed by atoms with Gasteiger partial charge in [-0.1, -0.05) is 27.5 Å². The number of anilines is 1. The quantitative estimate of drug-likeness (QED) is 0.855. The maximum atomic E-state index is 6.22. The zero-order chi connectivity index (χ0) is 10.7. The molecular formula is C11H14BrClN2. The van der Waals surface area contributed by atoms with Gasteiger partial charge in [0, 0.05) is 24.1 Å². The van der Waals surface area contributed by atoms with Crippen molar-refractivity contribution in [3.63, 3.8) is 0 Å². The minimum atomic E-state index is 0.825. The molecule has 1 aliphatic rings. The van der Waals surface area contributed by atoms with E-state index in [9.17, 15) is 0 Å². The van der Waals surface area contributed by atoms with Gasteiger partial charge in [-0.15, -0.1) is 0 Å². The van der Waals surface area contributed by atoms with Crippen molar-refractivity contribution in [1.29, 1.82) is 0 Å². The molecule has 0 atom stereocenters. The van der Waals surface area contributed by atoms with Crippen molar-refractivity contribution < 1.29 is 0 Å². The van der Waals surface area contributed by atoms with Crippen LogP contribution in [0.3, 0.4) is 0 Å². The second-order valence-corrected chi connectivity index (χ2v) is 5.01. The van der Waals surface area contributed by atoms with Crippen molar-refractivity contribution in [1.82, 2.24) is 5.32 Å². The van der Waals surface area contributed by atoms with E-state index in [0.29, 0.717) is 0 Å². The maximum Gasteiger partial charge on any atom is 0.0650 e. The van der Waals surface area contributed by atoms with Crippen molar-refractivity contribution in [2.75, 3.05) is 31.1 Å². The van der Waals surface area contributed by atoms with Crippen molar-refractivity contribution >= 4 is 33.2 Å². The molecule has 1 fully saturated rings. The zero-order valence-corrected chi connectivity index (χ0v) is 10.8. The monoisotopic (exact) mass is 288 g/mol. The largest absolute Gasteiger partial charge is 0.369 e. The zero-order valence-electron chi connectivity index (χ0n) is 8.47. The highest BCUT2D eigenvalue weighted by Gasteiger charge is 2.12. The van der Waals surface area contributed by atoms with Gasteiger partial charge in [-0.25, -0.2) is 0 Å². The lowest BCUT2D eigenvalue weighted by Crippen LogP contribution is -2.27. The molecule has 1 N–H and O–H groups in total. The Morgan fingerprint density at radius 2 is 2.13 bits per heavy atom. The van der Waals surface area contributed by atoms with Crippen molar-refractivity contribution in [2.24, 2.45) is 0 Å². The van der Waals surface area contributed by atoms with E-state index in [1.807, 2.05) is 12.1 Å². The molecule has 1 aromatic rings. The van der Waals surface area contributed by atoms with E-state index in [0.717, 1.165) is 41.4 Å². The molecule has 0 unspecified atom stereocenters. The summed E-state index contributed by atoms with van der Waals surface area (Å²) in [5.41, 5.74) is 1.14. The normalized spacial score (nSPS) is 17.6. The molecule has 0 saturated carbocycles. The lowest BCUT2D eigenvalue weighted by atomic mass is 10.2. The number of rotatable bonds is 1. The Labute approximate surface area is 104 Å². The van der Waals surface area contributed by atoms with Crippen molar-refractivity contribution in [2.45, 2.75) is 6.42 Å². The summed E-state index contributed by atoms with van der Waals surface area (Å²) < 4.78 is 1.03. The van der Waals surface area contributed by atoms with Gasteiger partial charge in [0.2, 0.25) is 0 Å². The Balaban J connectivity index is 2.19. The van der Waals surface area contributed by atoms with Crippen LogP contribution in [0.5, 0.6) is 0 Å². The lowest BCUT2D eigenvalue weighted by Gasteiger charge is -2.23. The van der Waals surface area contributed by atoms with Crippen LogP contribution in [-0.2, 0) is 0 Å². The van der Waals surface area contributed by atoms with Crippen molar-refractivity contribution in [3.8, 4) is 0 Å². The van der Waals surface area contributed by atoms with Crippen LogP contribution in [0.1, 0.15) is 6.42 Å². The van der Waals surface area contributed by atoms with Crippen LogP contribution in [0.4, 0.5) is 5.69 Å². The maximum absolute atomic E-state index is 6.22. The highest BCUT2D eigenvalue weighted by atomic mass is 79.9. The molecule has 4 heteroatoms. The first-order chi connectivity index (χ1) is 7.27. The number of nitrogens with one attached hydrogen (secondary N) is 1. The first-order valence-corrected chi connectivity index (χ1v) is 6.35. The highest BCUT2D eigenvalue weighted by molar-refractivity contribution is 9.10. The van der Waals surface area contributed by atoms with Gasteiger partial charge in [0.25, 0.3) is 0 Å². The predicted octanol–water partition coefficient (Wildman–Crippen LogP) is 2.90. The number of benzene rings is 1. The Hall–Kier alpha value is -0.250. The summed E-state index contributed by atoms with van der Waals surface area (Å²) in [5, 5.41) is 4.21. The molecule has 0 amide bonds. The molecule has 1 saturated heterocycles. The van der Waals surface area contributed by atoms with Gasteiger partial charge in [0.05, 0.1) is 10.7 Å². The van der Waals surface area contributed by atoms with E-state index in [2.05, 4.69) is 32.2 Å². The summed E-state index contributed by atoms with van der Waals surface area (Å²) in [7, 11) is 0. The van der Waals surface area contributed by atoms with Gasteiger partial charge >= 0.3 is 0 Å². The summed E-state index contributed by atoms with van der Waals surface area (Å²) in [4.78, 5) is 2.34. The molecule has 0 radical (unpaired) electrons. The summed E-state index contributed by atoms with van der Waals surface area (Å²) in [6, 6.07) is 6.08. The van der Waals surface area contributed by atoms with Crippen LogP contribution in [0.2, 0.25) is 5.02 Å². The van der Waals surface area contributed by atoms with E-state index in [-0.39, 0.29) is 0 Å². The van der Waals surface area contributed by atoms with E-state index in [1.54, 1.807) is 0 Å². The van der Waals surface area contributed by atoms with Crippen LogP contribution in [-0.4, -0.2) is 26.2 Å². The third kappa shape index (κ3) is 2.86. The molecule has 2 rings (SSSR count). The SMILES string of the molecule is Clc1cc(Br)ccc1N1CCCNCC1. The number of hydrogen-bond acceptors (Lipinski definition) is 2. The van der Waals surface area contributed by atoms with E-state index in [1.165, 1.54) is 6.42 Å². The third-order valence-corrected chi connectivity index (χ3v) is 3.39. The summed E-state index contributed by atoms with van der Waals surface area (Å²) in [6.45, 7) is 4.24. The van der Waals surface area contributed by atoms with Gasteiger partial charge in [-0.3, -0.25) is 0 Å². The van der Waals surface area contributed by atoms with Crippen LogP contribution < -0.4 is 10.2 Å². The van der Waals surface area contributed by atoms with Gasteiger partial charge in [0.1, 0.15) is 0 Å². The summed E-state index contributed by atoms with van der Waals surface area (Å²) in [5.74, 6) is 0. The average molecular weight is 290 g/mol. The molecule has 1 aliphatic heterocycles. The number of halogens is 2. The fourth-order valence-electron chi connectivity index (χ4n) is 1.82. The number of hydrogen-bond donors (Lipinski definition) is 1. The van der Waals surface area contributed by atoms with Crippen LogP contribution in [0.25, 0.3) is 0 Å². The molecule has 0 aromatic heterocycles. The second-order valence-electron chi connectivity index (χ2n) is 3.69. The standard InChI is InChI=1S/C11H14BrClN2/c12-9-2-3-11(10(13)8-9)15-6-1-4-14-5-7-15/h2-3,8,14H,1,4-7H2. The Bertz CT molecular complexity index is 335. The molecule has 2 nitrogen and oxygen atoms in total. The van der Waals surface area contributed by atoms with Crippen LogP contribution in [0, 0.1) is 0 Å². The molecule has 0 aliphatic carbocycles. The van der Waals surface area contributed by atoms with Gasteiger partial charge in [0.15, 0.2) is 0 Å². The third-order valence-electron chi connectivity index (χ3n) is 2.59. The van der Waals surface area contributed by atoms with E-state index in [4.69, 9.17) is 11.6 Å². The summed E-state index contributed by atoms with van der Waals surface area (Å²) in [6.07, 6.45) is 1.17. The van der Waals surface area contributed by atoms with Gasteiger partial charge in [-0.2, -0.15) is 0 Å². The van der Waals surface area contributed by atoms with Crippen LogP contribution >= 0.6 is 27.5 Å².